The molecule has 2 rings (SSSR count). The van der Waals surface area contributed by atoms with Crippen LogP contribution >= 0.6 is 0 Å². The van der Waals surface area contributed by atoms with Crippen LogP contribution in [-0.2, 0) is 9.53 Å². The Balaban J connectivity index is 1.81. The third-order valence-corrected chi connectivity index (χ3v) is 5.14. The molecular weight excluding hydrogens is 358 g/mol. The van der Waals surface area contributed by atoms with Gasteiger partial charge in [-0.05, 0) is 52.3 Å². The van der Waals surface area contributed by atoms with Crippen LogP contribution in [0.5, 0.6) is 0 Å². The molecule has 2 amide bonds. The number of aryl methyl sites for hydroxylation is 2. The summed E-state index contributed by atoms with van der Waals surface area (Å²) in [4.78, 5) is 29.3. The fourth-order valence-electron chi connectivity index (χ4n) is 3.59. The summed E-state index contributed by atoms with van der Waals surface area (Å²) in [7, 11) is 1.64. The largest absolute Gasteiger partial charge is 0.466 e. The Labute approximate surface area is 168 Å². The quantitative estimate of drug-likeness (QED) is 0.584. The molecule has 0 saturated carbocycles. The topological polar surface area (TPSA) is 75.0 Å². The van der Waals surface area contributed by atoms with Gasteiger partial charge in [-0.3, -0.25) is 9.59 Å². The molecule has 1 fully saturated rings. The molecule has 0 bridgehead atoms. The molecule has 7 heteroatoms. The summed E-state index contributed by atoms with van der Waals surface area (Å²) in [6.07, 6.45) is 4.84. The number of nitrogens with zero attached hydrogens (tertiary/aromatic N) is 2. The number of furan rings is 1. The second-order valence-corrected chi connectivity index (χ2v) is 7.47. The lowest BCUT2D eigenvalue weighted by Crippen LogP contribution is -2.39. The maximum Gasteiger partial charge on any atom is 0.257 e. The number of hydrogen-bond acceptors (Lipinski definition) is 5. The van der Waals surface area contributed by atoms with Crippen LogP contribution in [0.15, 0.2) is 10.5 Å². The average Bonchev–Trinajstić information content (AvgIpc) is 3.03. The highest BCUT2D eigenvalue weighted by Gasteiger charge is 2.21. The summed E-state index contributed by atoms with van der Waals surface area (Å²) in [5, 5.41) is 2.99. The third kappa shape index (κ3) is 7.28. The number of nitrogens with one attached hydrogen (secondary N) is 1. The van der Waals surface area contributed by atoms with E-state index in [0.29, 0.717) is 49.7 Å². The van der Waals surface area contributed by atoms with Gasteiger partial charge in [-0.2, -0.15) is 0 Å². The predicted molar refractivity (Wildman–Crippen MR) is 108 cm³/mol. The first kappa shape index (κ1) is 22.4. The number of ether oxygens (including phenoxy) is 1. The van der Waals surface area contributed by atoms with E-state index in [2.05, 4.69) is 10.2 Å². The van der Waals surface area contributed by atoms with Crippen molar-refractivity contribution >= 4 is 11.8 Å². The highest BCUT2D eigenvalue weighted by molar-refractivity contribution is 5.95. The highest BCUT2D eigenvalue weighted by Crippen LogP contribution is 2.16. The second-order valence-electron chi connectivity index (χ2n) is 7.47. The summed E-state index contributed by atoms with van der Waals surface area (Å²) in [6.45, 7) is 8.96. The van der Waals surface area contributed by atoms with Gasteiger partial charge in [0.2, 0.25) is 5.91 Å². The van der Waals surface area contributed by atoms with Crippen molar-refractivity contribution in [3.05, 3.63) is 23.2 Å². The Morgan fingerprint density at radius 1 is 1.21 bits per heavy atom. The molecule has 158 valence electrons. The Bertz CT molecular complexity index is 623. The van der Waals surface area contributed by atoms with Crippen molar-refractivity contribution < 1.29 is 18.7 Å². The van der Waals surface area contributed by atoms with Gasteiger partial charge in [-0.1, -0.05) is 6.42 Å². The van der Waals surface area contributed by atoms with Gasteiger partial charge >= 0.3 is 0 Å². The van der Waals surface area contributed by atoms with Crippen molar-refractivity contribution in [3.63, 3.8) is 0 Å². The zero-order valence-electron chi connectivity index (χ0n) is 17.6. The van der Waals surface area contributed by atoms with E-state index in [0.717, 1.165) is 26.1 Å². The van der Waals surface area contributed by atoms with Crippen molar-refractivity contribution in [3.8, 4) is 0 Å². The molecule has 0 unspecified atom stereocenters. The summed E-state index contributed by atoms with van der Waals surface area (Å²) >= 11 is 0. The van der Waals surface area contributed by atoms with Crippen molar-refractivity contribution in [2.75, 3.05) is 53.0 Å². The van der Waals surface area contributed by atoms with Gasteiger partial charge in [0.1, 0.15) is 11.5 Å². The molecule has 0 spiro atoms. The Morgan fingerprint density at radius 3 is 2.61 bits per heavy atom. The first-order chi connectivity index (χ1) is 13.5. The summed E-state index contributed by atoms with van der Waals surface area (Å²) < 4.78 is 10.6. The lowest BCUT2D eigenvalue weighted by Gasteiger charge is -2.26. The van der Waals surface area contributed by atoms with E-state index in [9.17, 15) is 9.59 Å². The van der Waals surface area contributed by atoms with Crippen LogP contribution in [0.3, 0.4) is 0 Å². The van der Waals surface area contributed by atoms with Crippen LogP contribution in [0.2, 0.25) is 0 Å². The van der Waals surface area contributed by atoms with E-state index in [4.69, 9.17) is 9.15 Å². The average molecular weight is 394 g/mol. The number of methoxy groups -OCH3 is 1. The first-order valence-corrected chi connectivity index (χ1v) is 10.4. The monoisotopic (exact) mass is 393 g/mol. The fraction of sp³-hybridized carbons (Fsp3) is 0.714. The predicted octanol–water partition coefficient (Wildman–Crippen LogP) is 2.37. The molecule has 1 aromatic rings. The van der Waals surface area contributed by atoms with Gasteiger partial charge in [-0.25, -0.2) is 0 Å². The standard InChI is InChI=1S/C21H35N3O4/c1-17-16-19(18(2)28-17)21(26)24(12-7-15-27-3)13-8-20(25)22-9-14-23-10-5-4-6-11-23/h16H,4-15H2,1-3H3,(H,22,25). The van der Waals surface area contributed by atoms with E-state index in [1.54, 1.807) is 25.0 Å². The van der Waals surface area contributed by atoms with Gasteiger partial charge in [0.15, 0.2) is 0 Å². The SMILES string of the molecule is COCCCN(CCC(=O)NCCN1CCCCC1)C(=O)c1cc(C)oc1C. The minimum Gasteiger partial charge on any atom is -0.466 e. The van der Waals surface area contributed by atoms with Crippen molar-refractivity contribution in [2.24, 2.45) is 0 Å². The molecule has 1 aliphatic rings. The first-order valence-electron chi connectivity index (χ1n) is 10.4. The summed E-state index contributed by atoms with van der Waals surface area (Å²) in [6, 6.07) is 1.76. The minimum absolute atomic E-state index is 0.0124. The second kappa shape index (κ2) is 11.9. The molecule has 28 heavy (non-hydrogen) atoms. The van der Waals surface area contributed by atoms with Crippen molar-refractivity contribution in [1.82, 2.24) is 15.1 Å². The number of likely N-dealkylation sites (tertiary alicyclic amines) is 1. The van der Waals surface area contributed by atoms with Gasteiger partial charge in [0.25, 0.3) is 5.91 Å². The molecule has 7 nitrogen and oxygen atoms in total. The van der Waals surface area contributed by atoms with E-state index in [1.165, 1.54) is 19.3 Å². The molecule has 2 heterocycles. The van der Waals surface area contributed by atoms with Crippen LogP contribution in [-0.4, -0.2) is 74.6 Å². The molecule has 1 saturated heterocycles. The lowest BCUT2D eigenvalue weighted by atomic mass is 10.1. The molecule has 1 aromatic heterocycles. The number of carbonyl (C=O) groups is 2. The third-order valence-electron chi connectivity index (χ3n) is 5.14. The number of rotatable bonds is 11. The van der Waals surface area contributed by atoms with E-state index < -0.39 is 0 Å². The number of carbonyl (C=O) groups excluding carboxylic acids is 2. The maximum atomic E-state index is 12.9. The molecule has 1 N–H and O–H groups in total. The Kier molecular flexibility index (Phi) is 9.50. The van der Waals surface area contributed by atoms with Gasteiger partial charge in [-0.15, -0.1) is 0 Å². The van der Waals surface area contributed by atoms with Crippen LogP contribution < -0.4 is 5.32 Å². The lowest BCUT2D eigenvalue weighted by molar-refractivity contribution is -0.121. The fourth-order valence-corrected chi connectivity index (χ4v) is 3.59. The molecule has 0 aliphatic carbocycles. The number of piperidine rings is 1. The van der Waals surface area contributed by atoms with Crippen molar-refractivity contribution in [2.45, 2.75) is 46.0 Å². The van der Waals surface area contributed by atoms with Gasteiger partial charge in [0, 0.05) is 46.3 Å². The van der Waals surface area contributed by atoms with Gasteiger partial charge in [0.05, 0.1) is 5.56 Å². The highest BCUT2D eigenvalue weighted by atomic mass is 16.5. The van der Waals surface area contributed by atoms with Crippen LogP contribution in [0, 0.1) is 13.8 Å². The van der Waals surface area contributed by atoms with E-state index in [-0.39, 0.29) is 11.8 Å². The number of hydrogen-bond donors (Lipinski definition) is 1. The zero-order chi connectivity index (χ0) is 20.4. The van der Waals surface area contributed by atoms with Crippen molar-refractivity contribution in [1.29, 1.82) is 0 Å². The molecule has 0 atom stereocenters. The van der Waals surface area contributed by atoms with Crippen LogP contribution in [0.1, 0.15) is 54.0 Å². The zero-order valence-corrected chi connectivity index (χ0v) is 17.6. The van der Waals surface area contributed by atoms with Crippen LogP contribution in [0.4, 0.5) is 0 Å². The summed E-state index contributed by atoms with van der Waals surface area (Å²) in [5.74, 6) is 1.23. The Hall–Kier alpha value is -1.86. The molecule has 0 radical (unpaired) electrons. The molecular formula is C21H35N3O4. The van der Waals surface area contributed by atoms with Gasteiger partial charge < -0.3 is 24.3 Å². The Morgan fingerprint density at radius 2 is 1.96 bits per heavy atom. The van der Waals surface area contributed by atoms with E-state index in [1.807, 2.05) is 6.92 Å². The number of amides is 2. The minimum atomic E-state index is -0.0911. The van der Waals surface area contributed by atoms with E-state index >= 15 is 0 Å². The maximum absolute atomic E-state index is 12.9. The summed E-state index contributed by atoms with van der Waals surface area (Å²) in [5.41, 5.74) is 0.570. The van der Waals surface area contributed by atoms with Crippen LogP contribution in [0.25, 0.3) is 0 Å². The molecule has 0 aromatic carbocycles. The normalized spacial score (nSPS) is 14.8. The molecule has 1 aliphatic heterocycles. The smallest absolute Gasteiger partial charge is 0.257 e.